The van der Waals surface area contributed by atoms with Crippen molar-refractivity contribution in [3.05, 3.63) is 69.9 Å². The van der Waals surface area contributed by atoms with Crippen LogP contribution < -0.4 is 0 Å². The Hall–Kier alpha value is -2.01. The summed E-state index contributed by atoms with van der Waals surface area (Å²) in [4.78, 5) is 18.6. The van der Waals surface area contributed by atoms with Crippen LogP contribution in [0.2, 0.25) is 5.02 Å². The predicted molar refractivity (Wildman–Crippen MR) is 127 cm³/mol. The van der Waals surface area contributed by atoms with Gasteiger partial charge in [0.15, 0.2) is 0 Å². The summed E-state index contributed by atoms with van der Waals surface area (Å²) in [5, 5.41) is 1.82. The van der Waals surface area contributed by atoms with Crippen LogP contribution in [0.15, 0.2) is 42.5 Å². The smallest absolute Gasteiger partial charge is 0.355 e. The van der Waals surface area contributed by atoms with Gasteiger partial charge in [0.05, 0.1) is 0 Å². The zero-order chi connectivity index (χ0) is 21.0. The highest BCUT2D eigenvalue weighted by atomic mass is 35.5. The van der Waals surface area contributed by atoms with Gasteiger partial charge in [-0.1, -0.05) is 49.7 Å². The molecule has 1 atom stereocenters. The van der Waals surface area contributed by atoms with Gasteiger partial charge in [0, 0.05) is 28.9 Å². The normalized spacial score (nSPS) is 12.1. The average Bonchev–Trinajstić information content (AvgIpc) is 3.10. The van der Waals surface area contributed by atoms with E-state index in [4.69, 9.17) is 16.3 Å². The Morgan fingerprint density at radius 3 is 2.40 bits per heavy atom. The molecule has 0 bridgehead atoms. The van der Waals surface area contributed by atoms with Crippen molar-refractivity contribution in [2.24, 2.45) is 0 Å². The Labute approximate surface area is 190 Å². The van der Waals surface area contributed by atoms with Crippen molar-refractivity contribution < 1.29 is 9.53 Å². The Kier molecular flexibility index (Phi) is 8.78. The number of aromatic amines is 1. The second-order valence-electron chi connectivity index (χ2n) is 7.56. The third kappa shape index (κ3) is 5.37. The molecule has 0 radical (unpaired) electrons. The molecule has 0 saturated carbocycles. The molecule has 0 spiro atoms. The molecule has 6 heteroatoms. The van der Waals surface area contributed by atoms with Crippen molar-refractivity contribution >= 4 is 40.9 Å². The van der Waals surface area contributed by atoms with E-state index in [2.05, 4.69) is 29.8 Å². The van der Waals surface area contributed by atoms with Crippen molar-refractivity contribution in [2.75, 3.05) is 20.6 Å². The first-order valence-corrected chi connectivity index (χ1v) is 10.6. The number of ether oxygens (including phenoxy) is 1. The quantitative estimate of drug-likeness (QED) is 0.416. The molecule has 1 unspecified atom stereocenters. The summed E-state index contributed by atoms with van der Waals surface area (Å²) in [5.41, 5.74) is 4.78. The van der Waals surface area contributed by atoms with E-state index >= 15 is 0 Å². The van der Waals surface area contributed by atoms with Gasteiger partial charge in [0.1, 0.15) is 11.8 Å². The molecule has 162 valence electrons. The maximum atomic E-state index is 13.2. The van der Waals surface area contributed by atoms with Gasteiger partial charge in [0.2, 0.25) is 0 Å². The lowest BCUT2D eigenvalue weighted by Crippen LogP contribution is -2.20. The topological polar surface area (TPSA) is 45.3 Å². The van der Waals surface area contributed by atoms with Gasteiger partial charge in [-0.2, -0.15) is 0 Å². The Balaban J connectivity index is 0.00000320. The van der Waals surface area contributed by atoms with Crippen LogP contribution in [0, 0.1) is 0 Å². The fraction of sp³-hybridized carbons (Fsp3) is 0.375. The number of halogens is 2. The summed E-state index contributed by atoms with van der Waals surface area (Å²) < 4.78 is 6.02. The number of nitrogens with one attached hydrogen (secondary N) is 1. The summed E-state index contributed by atoms with van der Waals surface area (Å²) in [5.74, 6) is -0.307. The van der Waals surface area contributed by atoms with Crippen LogP contribution in [0.5, 0.6) is 0 Å². The van der Waals surface area contributed by atoms with E-state index in [0.717, 1.165) is 41.4 Å². The molecular weight excluding hydrogens is 419 g/mol. The van der Waals surface area contributed by atoms with Crippen molar-refractivity contribution in [1.82, 2.24) is 9.88 Å². The van der Waals surface area contributed by atoms with Crippen LogP contribution in [0.25, 0.3) is 10.9 Å². The highest BCUT2D eigenvalue weighted by molar-refractivity contribution is 6.30. The Morgan fingerprint density at radius 1 is 1.10 bits per heavy atom. The van der Waals surface area contributed by atoms with Gasteiger partial charge >= 0.3 is 5.97 Å². The monoisotopic (exact) mass is 448 g/mol. The fourth-order valence-electron chi connectivity index (χ4n) is 3.75. The lowest BCUT2D eigenvalue weighted by molar-refractivity contribution is 0.0254. The second kappa shape index (κ2) is 10.9. The number of fused-ring (bicyclic) bond motifs is 1. The number of rotatable bonds is 8. The average molecular weight is 449 g/mol. The maximum absolute atomic E-state index is 13.2. The van der Waals surface area contributed by atoms with Crippen molar-refractivity contribution in [3.8, 4) is 0 Å². The highest BCUT2D eigenvalue weighted by Gasteiger charge is 2.23. The molecule has 3 aromatic rings. The molecule has 0 aliphatic rings. The zero-order valence-electron chi connectivity index (χ0n) is 18.0. The number of hydrogen-bond acceptors (Lipinski definition) is 3. The van der Waals surface area contributed by atoms with Crippen LogP contribution in [-0.2, 0) is 17.6 Å². The summed E-state index contributed by atoms with van der Waals surface area (Å²) in [6.07, 6.45) is 2.07. The van der Waals surface area contributed by atoms with E-state index in [0.29, 0.717) is 17.1 Å². The number of H-pyrrole nitrogens is 1. The Morgan fingerprint density at radius 2 is 1.80 bits per heavy atom. The molecule has 0 aliphatic carbocycles. The molecule has 0 fully saturated rings. The van der Waals surface area contributed by atoms with Gasteiger partial charge in [0.25, 0.3) is 0 Å². The van der Waals surface area contributed by atoms with Crippen molar-refractivity contribution in [2.45, 2.75) is 39.2 Å². The zero-order valence-corrected chi connectivity index (χ0v) is 19.6. The minimum atomic E-state index is -0.330. The number of aryl methyl sites for hydroxylation is 2. The molecule has 1 aromatic heterocycles. The summed E-state index contributed by atoms with van der Waals surface area (Å²) >= 11 is 6.04. The van der Waals surface area contributed by atoms with Crippen molar-refractivity contribution in [3.63, 3.8) is 0 Å². The van der Waals surface area contributed by atoms with Gasteiger partial charge < -0.3 is 14.6 Å². The standard InChI is InChI=1S/C24H29ClN2O2.ClH/c1-5-16-8-7-9-20-22(16)19(6-2)23(26-20)24(28)29-21(14-15-27(3)4)17-10-12-18(25)13-11-17;/h7-13,21,26H,5-6,14-15H2,1-4H3;1H. The molecule has 1 heterocycles. The lowest BCUT2D eigenvalue weighted by Gasteiger charge is -2.20. The molecule has 0 saturated heterocycles. The number of benzene rings is 2. The molecule has 1 N–H and O–H groups in total. The predicted octanol–water partition coefficient (Wildman–Crippen LogP) is 6.22. The summed E-state index contributed by atoms with van der Waals surface area (Å²) in [6.45, 7) is 5.03. The number of aromatic nitrogens is 1. The molecule has 0 aliphatic heterocycles. The minimum absolute atomic E-state index is 0. The van der Waals surface area contributed by atoms with E-state index in [1.165, 1.54) is 5.56 Å². The molecule has 3 rings (SSSR count). The molecule has 2 aromatic carbocycles. The van der Waals surface area contributed by atoms with Gasteiger partial charge in [-0.25, -0.2) is 4.79 Å². The first-order valence-electron chi connectivity index (χ1n) is 10.2. The van der Waals surface area contributed by atoms with E-state index in [1.807, 2.05) is 50.5 Å². The number of esters is 1. The molecule has 0 amide bonds. The van der Waals surface area contributed by atoms with Gasteiger partial charge in [-0.15, -0.1) is 12.4 Å². The van der Waals surface area contributed by atoms with Crippen molar-refractivity contribution in [1.29, 1.82) is 0 Å². The van der Waals surface area contributed by atoms with Crippen LogP contribution >= 0.6 is 24.0 Å². The van der Waals surface area contributed by atoms with Gasteiger partial charge in [-0.05, 0) is 61.8 Å². The van der Waals surface area contributed by atoms with E-state index < -0.39 is 0 Å². The number of carbonyl (C=O) groups is 1. The first-order chi connectivity index (χ1) is 13.9. The van der Waals surface area contributed by atoms with Crippen LogP contribution in [0.1, 0.15) is 53.6 Å². The number of nitrogens with zero attached hydrogens (tertiary/aromatic N) is 1. The fourth-order valence-corrected chi connectivity index (χ4v) is 3.88. The minimum Gasteiger partial charge on any atom is -0.453 e. The van der Waals surface area contributed by atoms with E-state index in [1.54, 1.807) is 0 Å². The molecular formula is C24H30Cl2N2O2. The molecule has 4 nitrogen and oxygen atoms in total. The van der Waals surface area contributed by atoms with E-state index in [9.17, 15) is 4.79 Å². The number of hydrogen-bond donors (Lipinski definition) is 1. The van der Waals surface area contributed by atoms with Crippen LogP contribution in [-0.4, -0.2) is 36.5 Å². The van der Waals surface area contributed by atoms with Crippen LogP contribution in [0.4, 0.5) is 0 Å². The maximum Gasteiger partial charge on any atom is 0.355 e. The third-order valence-corrected chi connectivity index (χ3v) is 5.53. The number of carbonyl (C=O) groups excluding carboxylic acids is 1. The third-order valence-electron chi connectivity index (χ3n) is 5.28. The lowest BCUT2D eigenvalue weighted by atomic mass is 10.0. The van der Waals surface area contributed by atoms with E-state index in [-0.39, 0.29) is 24.5 Å². The second-order valence-corrected chi connectivity index (χ2v) is 8.00. The largest absolute Gasteiger partial charge is 0.453 e. The Bertz CT molecular complexity index is 981. The first kappa shape index (κ1) is 24.3. The summed E-state index contributed by atoms with van der Waals surface area (Å²) in [6, 6.07) is 13.7. The molecule has 30 heavy (non-hydrogen) atoms. The summed E-state index contributed by atoms with van der Waals surface area (Å²) in [7, 11) is 4.03. The SMILES string of the molecule is CCc1cccc2[nH]c(C(=O)OC(CCN(C)C)c3ccc(Cl)cc3)c(CC)c12.Cl. The van der Waals surface area contributed by atoms with Crippen LogP contribution in [0.3, 0.4) is 0 Å². The highest BCUT2D eigenvalue weighted by Crippen LogP contribution is 2.30. The van der Waals surface area contributed by atoms with Gasteiger partial charge in [-0.3, -0.25) is 0 Å².